The molecule has 0 unspecified atom stereocenters. The molecule has 2 amide bonds. The zero-order valence-electron chi connectivity index (χ0n) is 34.2. The van der Waals surface area contributed by atoms with E-state index in [0.29, 0.717) is 6.54 Å². The molecule has 1 aliphatic carbocycles. The quantitative estimate of drug-likeness (QED) is 0.0845. The highest BCUT2D eigenvalue weighted by molar-refractivity contribution is 5.86. The van der Waals surface area contributed by atoms with Gasteiger partial charge in [-0.05, 0) is 28.7 Å². The number of hydrogen-bond acceptors (Lipinski definition) is 13. The molecule has 1 fully saturated rings. The monoisotopic (exact) mass is 810 g/mol. The van der Waals surface area contributed by atoms with Gasteiger partial charge in [0.2, 0.25) is 5.91 Å². The van der Waals surface area contributed by atoms with Crippen molar-refractivity contribution < 1.29 is 61.9 Å². The zero-order valence-corrected chi connectivity index (χ0v) is 34.2. The van der Waals surface area contributed by atoms with Crippen LogP contribution in [0.1, 0.15) is 109 Å². The van der Waals surface area contributed by atoms with Gasteiger partial charge in [-0.3, -0.25) is 24.0 Å². The summed E-state index contributed by atoms with van der Waals surface area (Å²) in [4.78, 5) is 75.6. The second kappa shape index (κ2) is 23.4. The minimum atomic E-state index is -1.56. The van der Waals surface area contributed by atoms with E-state index in [1.54, 1.807) is 0 Å². The molecule has 0 bridgehead atoms. The van der Waals surface area contributed by atoms with Crippen molar-refractivity contribution in [2.24, 2.45) is 0 Å². The van der Waals surface area contributed by atoms with Crippen LogP contribution >= 0.6 is 0 Å². The minimum absolute atomic E-state index is 0.00675. The van der Waals surface area contributed by atoms with Crippen molar-refractivity contribution in [1.29, 1.82) is 0 Å². The molecule has 318 valence electrons. The van der Waals surface area contributed by atoms with Crippen LogP contribution in [0.5, 0.6) is 0 Å². The van der Waals surface area contributed by atoms with Crippen LogP contribution in [0.15, 0.2) is 48.5 Å². The van der Waals surface area contributed by atoms with Crippen LogP contribution in [-0.4, -0.2) is 99.0 Å². The first kappa shape index (κ1) is 45.7. The first-order valence-corrected chi connectivity index (χ1v) is 20.2. The van der Waals surface area contributed by atoms with Gasteiger partial charge in [0.05, 0.1) is 6.61 Å². The van der Waals surface area contributed by atoms with Crippen molar-refractivity contribution >= 4 is 35.9 Å². The number of rotatable bonds is 22. The van der Waals surface area contributed by atoms with Crippen LogP contribution in [0, 0.1) is 0 Å². The SMILES string of the molecule is CCCCCCCCCCCNC(=O)[C@H](CO[C@H]1O[C@H](COC(C)=O)[C@H](OC(C)=O)[C@H](OC(C)=O)[C@H]1OC(C)=O)NC(=O)OCC1c2ccccc2-c2ccccc21. The number of ether oxygens (including phenoxy) is 7. The molecule has 2 N–H and O–H groups in total. The Morgan fingerprint density at radius 2 is 1.17 bits per heavy atom. The molecule has 6 atom stereocenters. The number of carbonyl (C=O) groups is 6. The molecule has 4 rings (SSSR count). The Morgan fingerprint density at radius 3 is 1.74 bits per heavy atom. The van der Waals surface area contributed by atoms with Gasteiger partial charge in [0.1, 0.15) is 25.4 Å². The summed E-state index contributed by atoms with van der Waals surface area (Å²) in [5.74, 6) is -3.88. The molecule has 2 aromatic carbocycles. The molecule has 15 heteroatoms. The third-order valence-corrected chi connectivity index (χ3v) is 9.91. The van der Waals surface area contributed by atoms with Crippen LogP contribution in [-0.2, 0) is 57.1 Å². The Kier molecular flexibility index (Phi) is 18.4. The van der Waals surface area contributed by atoms with Gasteiger partial charge in [-0.1, -0.05) is 107 Å². The fourth-order valence-corrected chi connectivity index (χ4v) is 7.25. The van der Waals surface area contributed by atoms with E-state index in [2.05, 4.69) is 17.6 Å². The van der Waals surface area contributed by atoms with Crippen molar-refractivity contribution in [2.75, 3.05) is 26.4 Å². The fraction of sp³-hybridized carbons (Fsp3) is 0.581. The van der Waals surface area contributed by atoms with Gasteiger partial charge in [0.25, 0.3) is 0 Å². The minimum Gasteiger partial charge on any atom is -0.463 e. The predicted molar refractivity (Wildman–Crippen MR) is 210 cm³/mol. The van der Waals surface area contributed by atoms with E-state index in [0.717, 1.165) is 75.6 Å². The summed E-state index contributed by atoms with van der Waals surface area (Å²) in [6, 6.07) is 14.5. The van der Waals surface area contributed by atoms with Crippen LogP contribution in [0.3, 0.4) is 0 Å². The van der Waals surface area contributed by atoms with Gasteiger partial charge in [-0.2, -0.15) is 0 Å². The van der Waals surface area contributed by atoms with Crippen molar-refractivity contribution in [3.63, 3.8) is 0 Å². The molecule has 1 aliphatic heterocycles. The van der Waals surface area contributed by atoms with Gasteiger partial charge >= 0.3 is 30.0 Å². The summed E-state index contributed by atoms with van der Waals surface area (Å²) < 4.78 is 39.4. The van der Waals surface area contributed by atoms with Gasteiger partial charge in [0, 0.05) is 40.2 Å². The molecule has 0 saturated carbocycles. The maximum atomic E-state index is 13.7. The first-order valence-electron chi connectivity index (χ1n) is 20.2. The van der Waals surface area contributed by atoms with Gasteiger partial charge in [0.15, 0.2) is 24.6 Å². The Hall–Kier alpha value is -5.02. The highest BCUT2D eigenvalue weighted by atomic mass is 16.7. The lowest BCUT2D eigenvalue weighted by Crippen LogP contribution is -2.63. The molecule has 1 heterocycles. The smallest absolute Gasteiger partial charge is 0.407 e. The summed E-state index contributed by atoms with van der Waals surface area (Å²) in [6.07, 6.45) is 1.79. The number of carbonyl (C=O) groups excluding carboxylic acids is 6. The van der Waals surface area contributed by atoms with Crippen LogP contribution in [0.4, 0.5) is 4.79 Å². The average Bonchev–Trinajstić information content (AvgIpc) is 3.50. The number of esters is 4. The maximum absolute atomic E-state index is 13.7. The lowest BCUT2D eigenvalue weighted by Gasteiger charge is -2.44. The Balaban J connectivity index is 1.49. The molecule has 2 aliphatic rings. The summed E-state index contributed by atoms with van der Waals surface area (Å²) in [5.41, 5.74) is 4.13. The maximum Gasteiger partial charge on any atom is 0.407 e. The Bertz CT molecular complexity index is 1650. The van der Waals surface area contributed by atoms with E-state index < -0.39 is 85.8 Å². The van der Waals surface area contributed by atoms with E-state index in [4.69, 9.17) is 33.2 Å². The first-order chi connectivity index (χ1) is 27.9. The number of alkyl carbamates (subject to hydrolysis) is 1. The topological polar surface area (TPSA) is 191 Å². The molecule has 15 nitrogen and oxygen atoms in total. The third kappa shape index (κ3) is 13.8. The highest BCUT2D eigenvalue weighted by Crippen LogP contribution is 2.44. The second-order valence-corrected chi connectivity index (χ2v) is 14.5. The van der Waals surface area contributed by atoms with Crippen molar-refractivity contribution in [2.45, 2.75) is 135 Å². The van der Waals surface area contributed by atoms with Gasteiger partial charge < -0.3 is 43.8 Å². The molecule has 1 saturated heterocycles. The van der Waals surface area contributed by atoms with E-state index >= 15 is 0 Å². The van der Waals surface area contributed by atoms with Crippen molar-refractivity contribution in [3.8, 4) is 11.1 Å². The summed E-state index contributed by atoms with van der Waals surface area (Å²) in [5, 5.41) is 5.48. The summed E-state index contributed by atoms with van der Waals surface area (Å²) in [7, 11) is 0. The number of amides is 2. The second-order valence-electron chi connectivity index (χ2n) is 14.5. The summed E-state index contributed by atoms with van der Waals surface area (Å²) >= 11 is 0. The predicted octanol–water partition coefficient (Wildman–Crippen LogP) is 5.64. The molecule has 58 heavy (non-hydrogen) atoms. The molecule has 0 aromatic heterocycles. The number of hydrogen-bond donors (Lipinski definition) is 2. The number of benzene rings is 2. The van der Waals surface area contributed by atoms with Gasteiger partial charge in [-0.25, -0.2) is 4.79 Å². The largest absolute Gasteiger partial charge is 0.463 e. The van der Waals surface area contributed by atoms with Gasteiger partial charge in [-0.15, -0.1) is 0 Å². The average molecular weight is 811 g/mol. The molecule has 2 aromatic rings. The van der Waals surface area contributed by atoms with Crippen LogP contribution in [0.25, 0.3) is 11.1 Å². The number of nitrogens with one attached hydrogen (secondary N) is 2. The number of unbranched alkanes of at least 4 members (excludes halogenated alkanes) is 8. The summed E-state index contributed by atoms with van der Waals surface area (Å²) in [6.45, 7) is 6.03. The third-order valence-electron chi connectivity index (χ3n) is 9.91. The zero-order chi connectivity index (χ0) is 42.0. The molecule has 0 spiro atoms. The van der Waals surface area contributed by atoms with E-state index in [1.165, 1.54) is 32.1 Å². The molecular formula is C43H58N2O13. The Morgan fingerprint density at radius 1 is 0.638 bits per heavy atom. The lowest BCUT2D eigenvalue weighted by molar-refractivity contribution is -0.308. The fourth-order valence-electron chi connectivity index (χ4n) is 7.25. The highest BCUT2D eigenvalue weighted by Gasteiger charge is 2.53. The number of fused-ring (bicyclic) bond motifs is 3. The normalized spacial score (nSPS) is 20.1. The standard InChI is InChI=1S/C43H58N2O13/c1-6-7-8-9-10-11-12-13-18-23-44-41(50)36(45-43(51)54-24-35-33-21-16-14-19-31(33)32-20-15-17-22-34(32)35)25-53-42-40(57-30(5)49)39(56-29(4)48)38(55-28(3)47)37(58-42)26-52-27(2)46/h14-17,19-22,35-40,42H,6-13,18,23-26H2,1-5H3,(H,44,50)(H,45,51)/t36-,37+,38-,39-,40+,42-/m0/s1. The lowest BCUT2D eigenvalue weighted by atomic mass is 9.98. The van der Waals surface area contributed by atoms with Crippen molar-refractivity contribution in [3.05, 3.63) is 59.7 Å². The van der Waals surface area contributed by atoms with E-state index in [1.807, 2.05) is 48.5 Å². The van der Waals surface area contributed by atoms with Crippen LogP contribution in [0.2, 0.25) is 0 Å². The Labute approximate surface area is 340 Å². The van der Waals surface area contributed by atoms with Crippen LogP contribution < -0.4 is 10.6 Å². The molecular weight excluding hydrogens is 752 g/mol. The molecule has 0 radical (unpaired) electrons. The van der Waals surface area contributed by atoms with Crippen molar-refractivity contribution in [1.82, 2.24) is 10.6 Å². The van der Waals surface area contributed by atoms with E-state index in [9.17, 15) is 28.8 Å². The van der Waals surface area contributed by atoms with E-state index in [-0.39, 0.29) is 12.5 Å².